The zero-order valence-corrected chi connectivity index (χ0v) is 15.4. The third-order valence-corrected chi connectivity index (χ3v) is 3.69. The van der Waals surface area contributed by atoms with Crippen molar-refractivity contribution in [2.75, 3.05) is 45.1 Å². The molecule has 150 valence electrons. The Bertz CT molecular complexity index is 696. The number of anilines is 1. The predicted octanol–water partition coefficient (Wildman–Crippen LogP) is 0.959. The smallest absolute Gasteiger partial charge is 0.243 e. The molecule has 1 aromatic rings. The molecule has 0 bridgehead atoms. The molecule has 27 heavy (non-hydrogen) atoms. The molecule has 0 saturated carbocycles. The molecule has 0 aliphatic heterocycles. The minimum atomic E-state index is -1.70. The monoisotopic (exact) mass is 388 g/mol. The lowest BCUT2D eigenvalue weighted by atomic mass is 10.2. The molecular weight excluding hydrogens is 365 g/mol. The second-order valence-electron chi connectivity index (χ2n) is 5.79. The van der Waals surface area contributed by atoms with Gasteiger partial charge in [0.2, 0.25) is 17.7 Å². The van der Waals surface area contributed by atoms with E-state index in [0.717, 1.165) is 6.07 Å². The lowest BCUT2D eigenvalue weighted by Gasteiger charge is -2.22. The normalized spacial score (nSPS) is 10.6. The fourth-order valence-corrected chi connectivity index (χ4v) is 2.26. The summed E-state index contributed by atoms with van der Waals surface area (Å²) in [4.78, 5) is 38.6. The molecule has 10 heteroatoms. The molecule has 0 heterocycles. The summed E-state index contributed by atoms with van der Waals surface area (Å²) < 4.78 is 39.4. The largest absolute Gasteiger partial charge is 0.346 e. The fourth-order valence-electron chi connectivity index (χ4n) is 2.26. The SMILES string of the molecule is CCN(CC)C(=O)CN(C)CC(=O)NCC(=O)Nc1ccc(F)c(F)c1F. The Hall–Kier alpha value is -2.62. The van der Waals surface area contributed by atoms with E-state index in [1.807, 2.05) is 19.2 Å². The van der Waals surface area contributed by atoms with Crippen LogP contribution in [0.25, 0.3) is 0 Å². The summed E-state index contributed by atoms with van der Waals surface area (Å²) in [6.07, 6.45) is 0. The zero-order chi connectivity index (χ0) is 20.6. The van der Waals surface area contributed by atoms with E-state index in [0.29, 0.717) is 19.2 Å². The van der Waals surface area contributed by atoms with Crippen LogP contribution in [-0.2, 0) is 14.4 Å². The predicted molar refractivity (Wildman–Crippen MR) is 93.4 cm³/mol. The van der Waals surface area contributed by atoms with Gasteiger partial charge in [0.1, 0.15) is 0 Å². The van der Waals surface area contributed by atoms with Crippen molar-refractivity contribution in [3.05, 3.63) is 29.6 Å². The fraction of sp³-hybridized carbons (Fsp3) is 0.471. The highest BCUT2D eigenvalue weighted by Crippen LogP contribution is 2.19. The highest BCUT2D eigenvalue weighted by atomic mass is 19.2. The number of nitrogens with one attached hydrogen (secondary N) is 2. The zero-order valence-electron chi connectivity index (χ0n) is 15.4. The first-order chi connectivity index (χ1) is 12.7. The lowest BCUT2D eigenvalue weighted by Crippen LogP contribution is -2.43. The van der Waals surface area contributed by atoms with E-state index in [4.69, 9.17) is 0 Å². The maximum atomic E-state index is 13.5. The molecule has 0 unspecified atom stereocenters. The standard InChI is InChI=1S/C17H23F3N4O3/c1-4-24(5-2)15(27)10-23(3)9-14(26)21-8-13(25)22-12-7-6-11(18)16(19)17(12)20/h6-7H,4-5,8-10H2,1-3H3,(H,21,26)(H,22,25). The Morgan fingerprint density at radius 3 is 2.19 bits per heavy atom. The maximum Gasteiger partial charge on any atom is 0.243 e. The average molecular weight is 388 g/mol. The van der Waals surface area contributed by atoms with Gasteiger partial charge in [-0.05, 0) is 33.0 Å². The summed E-state index contributed by atoms with van der Waals surface area (Å²) in [6.45, 7) is 4.26. The van der Waals surface area contributed by atoms with Crippen LogP contribution in [0.2, 0.25) is 0 Å². The van der Waals surface area contributed by atoms with Crippen molar-refractivity contribution in [2.24, 2.45) is 0 Å². The molecule has 1 aromatic carbocycles. The average Bonchev–Trinajstić information content (AvgIpc) is 2.61. The highest BCUT2D eigenvalue weighted by molar-refractivity contribution is 5.94. The Morgan fingerprint density at radius 2 is 1.59 bits per heavy atom. The summed E-state index contributed by atoms with van der Waals surface area (Å²) in [5.74, 6) is -6.05. The molecule has 7 nitrogen and oxygen atoms in total. The van der Waals surface area contributed by atoms with Gasteiger partial charge < -0.3 is 15.5 Å². The number of rotatable bonds is 9. The molecule has 2 N–H and O–H groups in total. The minimum Gasteiger partial charge on any atom is -0.346 e. The molecule has 0 spiro atoms. The third-order valence-electron chi connectivity index (χ3n) is 3.69. The van der Waals surface area contributed by atoms with Crippen LogP contribution in [-0.4, -0.2) is 67.3 Å². The van der Waals surface area contributed by atoms with E-state index in [-0.39, 0.29) is 19.0 Å². The van der Waals surface area contributed by atoms with Crippen molar-refractivity contribution >= 4 is 23.4 Å². The minimum absolute atomic E-state index is 0.0430. The molecule has 1 rings (SSSR count). The van der Waals surface area contributed by atoms with Gasteiger partial charge in [-0.25, -0.2) is 13.2 Å². The first-order valence-corrected chi connectivity index (χ1v) is 8.35. The number of carbonyl (C=O) groups is 3. The van der Waals surface area contributed by atoms with Gasteiger partial charge in [0.05, 0.1) is 25.3 Å². The summed E-state index contributed by atoms with van der Waals surface area (Å²) in [5, 5.41) is 4.34. The van der Waals surface area contributed by atoms with Crippen molar-refractivity contribution < 1.29 is 27.6 Å². The van der Waals surface area contributed by atoms with Gasteiger partial charge in [-0.2, -0.15) is 0 Å². The Balaban J connectivity index is 2.44. The first kappa shape index (κ1) is 22.4. The van der Waals surface area contributed by atoms with Crippen molar-refractivity contribution in [1.82, 2.24) is 15.1 Å². The summed E-state index contributed by atoms with van der Waals surface area (Å²) in [7, 11) is 1.58. The molecule has 0 atom stereocenters. The van der Waals surface area contributed by atoms with Crippen LogP contribution in [0, 0.1) is 17.5 Å². The maximum absolute atomic E-state index is 13.5. The van der Waals surface area contributed by atoms with Gasteiger partial charge >= 0.3 is 0 Å². The molecule has 0 radical (unpaired) electrons. The van der Waals surface area contributed by atoms with E-state index >= 15 is 0 Å². The third kappa shape index (κ3) is 6.89. The van der Waals surface area contributed by atoms with Gasteiger partial charge in [0.25, 0.3) is 0 Å². The number of hydrogen-bond donors (Lipinski definition) is 2. The Labute approximate surface area is 155 Å². The van der Waals surface area contributed by atoms with Gasteiger partial charge in [0.15, 0.2) is 17.5 Å². The van der Waals surface area contributed by atoms with E-state index < -0.39 is 41.5 Å². The second-order valence-corrected chi connectivity index (χ2v) is 5.79. The van der Waals surface area contributed by atoms with Crippen molar-refractivity contribution in [3.8, 4) is 0 Å². The number of carbonyl (C=O) groups excluding carboxylic acids is 3. The van der Waals surface area contributed by atoms with Gasteiger partial charge in [-0.1, -0.05) is 0 Å². The van der Waals surface area contributed by atoms with Gasteiger partial charge in [-0.15, -0.1) is 0 Å². The highest BCUT2D eigenvalue weighted by Gasteiger charge is 2.17. The topological polar surface area (TPSA) is 81.8 Å². The van der Waals surface area contributed by atoms with Crippen molar-refractivity contribution in [1.29, 1.82) is 0 Å². The van der Waals surface area contributed by atoms with Crippen LogP contribution in [0.4, 0.5) is 18.9 Å². The van der Waals surface area contributed by atoms with Crippen molar-refractivity contribution in [3.63, 3.8) is 0 Å². The van der Waals surface area contributed by atoms with Crippen molar-refractivity contribution in [2.45, 2.75) is 13.8 Å². The molecule has 0 aliphatic rings. The van der Waals surface area contributed by atoms with Crippen LogP contribution >= 0.6 is 0 Å². The number of amides is 3. The molecule has 0 aromatic heterocycles. The number of hydrogen-bond acceptors (Lipinski definition) is 4. The van der Waals surface area contributed by atoms with E-state index in [1.165, 1.54) is 4.90 Å². The van der Waals surface area contributed by atoms with E-state index in [9.17, 15) is 27.6 Å². The Kier molecular flexibility index (Phi) is 8.73. The quantitative estimate of drug-likeness (QED) is 0.618. The second kappa shape index (κ2) is 10.5. The number of benzene rings is 1. The summed E-state index contributed by atoms with van der Waals surface area (Å²) >= 11 is 0. The van der Waals surface area contributed by atoms with Crippen LogP contribution < -0.4 is 10.6 Å². The Morgan fingerprint density at radius 1 is 0.963 bits per heavy atom. The molecular formula is C17H23F3N4O3. The van der Waals surface area contributed by atoms with E-state index in [1.54, 1.807) is 11.9 Å². The first-order valence-electron chi connectivity index (χ1n) is 8.35. The molecule has 0 aliphatic carbocycles. The van der Waals surface area contributed by atoms with Crippen LogP contribution in [0.3, 0.4) is 0 Å². The number of halogens is 3. The number of nitrogens with zero attached hydrogens (tertiary/aromatic N) is 2. The van der Waals surface area contributed by atoms with Crippen LogP contribution in [0.1, 0.15) is 13.8 Å². The lowest BCUT2D eigenvalue weighted by molar-refractivity contribution is -0.132. The molecule has 0 fully saturated rings. The summed E-state index contributed by atoms with van der Waals surface area (Å²) in [5.41, 5.74) is -0.532. The number of likely N-dealkylation sites (N-methyl/N-ethyl adjacent to an activating group) is 2. The summed E-state index contributed by atoms with van der Waals surface area (Å²) in [6, 6.07) is 1.55. The van der Waals surface area contributed by atoms with Crippen LogP contribution in [0.15, 0.2) is 12.1 Å². The van der Waals surface area contributed by atoms with Gasteiger partial charge in [-0.3, -0.25) is 19.3 Å². The van der Waals surface area contributed by atoms with Crippen LogP contribution in [0.5, 0.6) is 0 Å². The van der Waals surface area contributed by atoms with Gasteiger partial charge in [0, 0.05) is 13.1 Å². The molecule has 3 amide bonds. The van der Waals surface area contributed by atoms with E-state index in [2.05, 4.69) is 5.32 Å². The molecule has 0 saturated heterocycles.